The SMILES string of the molecule is CC(Oc1ccc(N(C)S(C)(=O)=O)cc1)C(=O)NCCSCc1ccc(Cl)cc1. The molecule has 29 heavy (non-hydrogen) atoms. The number of hydrogen-bond acceptors (Lipinski definition) is 5. The molecule has 0 bridgehead atoms. The van der Waals surface area contributed by atoms with Gasteiger partial charge in [-0.15, -0.1) is 0 Å². The molecule has 0 saturated carbocycles. The molecule has 0 saturated heterocycles. The molecule has 6 nitrogen and oxygen atoms in total. The third-order valence-corrected chi connectivity index (χ3v) is 6.60. The van der Waals surface area contributed by atoms with Crippen LogP contribution in [-0.2, 0) is 20.6 Å². The summed E-state index contributed by atoms with van der Waals surface area (Å²) in [6, 6.07) is 14.3. The number of nitrogens with one attached hydrogen (secondary N) is 1. The molecule has 0 heterocycles. The van der Waals surface area contributed by atoms with E-state index in [4.69, 9.17) is 16.3 Å². The molecule has 2 rings (SSSR count). The van der Waals surface area contributed by atoms with Crippen molar-refractivity contribution in [1.82, 2.24) is 5.32 Å². The summed E-state index contributed by atoms with van der Waals surface area (Å²) in [7, 11) is -1.84. The predicted molar refractivity (Wildman–Crippen MR) is 120 cm³/mol. The molecule has 0 spiro atoms. The molecule has 0 aromatic heterocycles. The Labute approximate surface area is 181 Å². The van der Waals surface area contributed by atoms with Crippen molar-refractivity contribution in [3.05, 3.63) is 59.1 Å². The third-order valence-electron chi connectivity index (χ3n) is 4.11. The second-order valence-corrected chi connectivity index (χ2v) is 10.0. The molecule has 0 radical (unpaired) electrons. The second kappa shape index (κ2) is 10.8. The van der Waals surface area contributed by atoms with Gasteiger partial charge >= 0.3 is 0 Å². The van der Waals surface area contributed by atoms with Crippen molar-refractivity contribution in [2.24, 2.45) is 0 Å². The molecular weight excluding hydrogens is 432 g/mol. The van der Waals surface area contributed by atoms with Gasteiger partial charge in [0.15, 0.2) is 6.10 Å². The van der Waals surface area contributed by atoms with Crippen LogP contribution in [0.1, 0.15) is 12.5 Å². The van der Waals surface area contributed by atoms with Crippen LogP contribution in [0.3, 0.4) is 0 Å². The minimum absolute atomic E-state index is 0.200. The van der Waals surface area contributed by atoms with Gasteiger partial charge in [0.2, 0.25) is 10.0 Å². The fourth-order valence-corrected chi connectivity index (χ4v) is 3.79. The number of halogens is 1. The average Bonchev–Trinajstić information content (AvgIpc) is 2.68. The van der Waals surface area contributed by atoms with Gasteiger partial charge in [0.1, 0.15) is 5.75 Å². The summed E-state index contributed by atoms with van der Waals surface area (Å²) in [6.07, 6.45) is 0.479. The fraction of sp³-hybridized carbons (Fsp3) is 0.350. The predicted octanol–water partition coefficient (Wildman–Crippen LogP) is 3.55. The number of benzene rings is 2. The lowest BCUT2D eigenvalue weighted by Crippen LogP contribution is -2.37. The first kappa shape index (κ1) is 23.4. The summed E-state index contributed by atoms with van der Waals surface area (Å²) in [6.45, 7) is 2.22. The van der Waals surface area contributed by atoms with Gasteiger partial charge < -0.3 is 10.1 Å². The maximum atomic E-state index is 12.2. The van der Waals surface area contributed by atoms with Crippen molar-refractivity contribution >= 4 is 45.0 Å². The summed E-state index contributed by atoms with van der Waals surface area (Å²) >= 11 is 7.59. The molecule has 1 N–H and O–H groups in total. The van der Waals surface area contributed by atoms with Gasteiger partial charge in [0, 0.05) is 30.1 Å². The van der Waals surface area contributed by atoms with Crippen molar-refractivity contribution in [2.75, 3.05) is 29.9 Å². The van der Waals surface area contributed by atoms with Gasteiger partial charge in [0.25, 0.3) is 5.91 Å². The van der Waals surface area contributed by atoms with Gasteiger partial charge in [-0.25, -0.2) is 8.42 Å². The summed E-state index contributed by atoms with van der Waals surface area (Å²) in [5, 5.41) is 3.57. The van der Waals surface area contributed by atoms with E-state index < -0.39 is 16.1 Å². The second-order valence-electron chi connectivity index (χ2n) is 6.45. The van der Waals surface area contributed by atoms with Crippen molar-refractivity contribution in [1.29, 1.82) is 0 Å². The van der Waals surface area contributed by atoms with E-state index in [0.29, 0.717) is 18.0 Å². The monoisotopic (exact) mass is 456 g/mol. The normalized spacial score (nSPS) is 12.3. The molecule has 0 fully saturated rings. The molecule has 2 aromatic carbocycles. The van der Waals surface area contributed by atoms with Crippen molar-refractivity contribution in [3.8, 4) is 5.75 Å². The highest BCUT2D eigenvalue weighted by atomic mass is 35.5. The standard InChI is InChI=1S/C20H25ClN2O4S2/c1-15(27-19-10-8-18(9-11-19)23(2)29(3,25)26)20(24)22-12-13-28-14-16-4-6-17(21)7-5-16/h4-11,15H,12-14H2,1-3H3,(H,22,24). The molecule has 1 amide bonds. The lowest BCUT2D eigenvalue weighted by atomic mass is 10.2. The summed E-state index contributed by atoms with van der Waals surface area (Å²) in [5.74, 6) is 1.94. The van der Waals surface area contributed by atoms with Crippen molar-refractivity contribution < 1.29 is 17.9 Å². The van der Waals surface area contributed by atoms with Crippen LogP contribution < -0.4 is 14.4 Å². The van der Waals surface area contributed by atoms with E-state index in [1.165, 1.54) is 16.9 Å². The van der Waals surface area contributed by atoms with E-state index in [1.807, 2.05) is 24.3 Å². The molecule has 158 valence electrons. The molecule has 0 aliphatic carbocycles. The topological polar surface area (TPSA) is 75.7 Å². The Hall–Kier alpha value is -1.90. The highest BCUT2D eigenvalue weighted by Crippen LogP contribution is 2.21. The van der Waals surface area contributed by atoms with E-state index in [0.717, 1.165) is 22.8 Å². The Bertz CT molecular complexity index is 903. The van der Waals surface area contributed by atoms with Crippen LogP contribution in [0, 0.1) is 0 Å². The summed E-state index contributed by atoms with van der Waals surface area (Å²) in [4.78, 5) is 12.2. The highest BCUT2D eigenvalue weighted by molar-refractivity contribution is 7.98. The Balaban J connectivity index is 1.72. The Morgan fingerprint density at radius 3 is 2.38 bits per heavy atom. The van der Waals surface area contributed by atoms with Crippen LogP contribution in [0.25, 0.3) is 0 Å². The smallest absolute Gasteiger partial charge is 0.260 e. The average molecular weight is 457 g/mol. The largest absolute Gasteiger partial charge is 0.481 e. The van der Waals surface area contributed by atoms with Gasteiger partial charge in [-0.1, -0.05) is 23.7 Å². The van der Waals surface area contributed by atoms with Crippen LogP contribution in [0.15, 0.2) is 48.5 Å². The maximum absolute atomic E-state index is 12.2. The van der Waals surface area contributed by atoms with E-state index in [-0.39, 0.29) is 5.91 Å². The zero-order chi connectivity index (χ0) is 21.4. The van der Waals surface area contributed by atoms with Crippen LogP contribution in [-0.4, -0.2) is 46.0 Å². The number of amides is 1. The van der Waals surface area contributed by atoms with Gasteiger partial charge in [-0.3, -0.25) is 9.10 Å². The molecule has 9 heteroatoms. The number of sulfonamides is 1. The van der Waals surface area contributed by atoms with E-state index in [1.54, 1.807) is 43.0 Å². The van der Waals surface area contributed by atoms with E-state index >= 15 is 0 Å². The minimum Gasteiger partial charge on any atom is -0.481 e. The number of hydrogen-bond donors (Lipinski definition) is 1. The summed E-state index contributed by atoms with van der Waals surface area (Å²) < 4.78 is 29.9. The number of nitrogens with zero attached hydrogens (tertiary/aromatic N) is 1. The fourth-order valence-electron chi connectivity index (χ4n) is 2.34. The van der Waals surface area contributed by atoms with Crippen LogP contribution >= 0.6 is 23.4 Å². The lowest BCUT2D eigenvalue weighted by Gasteiger charge is -2.18. The van der Waals surface area contributed by atoms with E-state index in [2.05, 4.69) is 5.32 Å². The first-order valence-corrected chi connectivity index (χ1v) is 12.4. The Kier molecular flexibility index (Phi) is 8.67. The zero-order valence-electron chi connectivity index (χ0n) is 16.6. The maximum Gasteiger partial charge on any atom is 0.260 e. The number of anilines is 1. The van der Waals surface area contributed by atoms with Gasteiger partial charge in [-0.2, -0.15) is 11.8 Å². The highest BCUT2D eigenvalue weighted by Gasteiger charge is 2.15. The number of rotatable bonds is 10. The van der Waals surface area contributed by atoms with Gasteiger partial charge in [0.05, 0.1) is 11.9 Å². The first-order valence-electron chi connectivity index (χ1n) is 8.97. The molecular formula is C20H25ClN2O4S2. The quantitative estimate of drug-likeness (QED) is 0.553. The summed E-state index contributed by atoms with van der Waals surface area (Å²) in [5.41, 5.74) is 1.71. The Morgan fingerprint density at radius 2 is 1.79 bits per heavy atom. The van der Waals surface area contributed by atoms with Crippen LogP contribution in [0.5, 0.6) is 5.75 Å². The van der Waals surface area contributed by atoms with Gasteiger partial charge in [-0.05, 0) is 48.9 Å². The zero-order valence-corrected chi connectivity index (χ0v) is 19.0. The first-order chi connectivity index (χ1) is 13.7. The minimum atomic E-state index is -3.32. The number of carbonyl (C=O) groups is 1. The van der Waals surface area contributed by atoms with Crippen molar-refractivity contribution in [2.45, 2.75) is 18.8 Å². The molecule has 0 aliphatic rings. The van der Waals surface area contributed by atoms with Crippen LogP contribution in [0.2, 0.25) is 5.02 Å². The van der Waals surface area contributed by atoms with E-state index in [9.17, 15) is 13.2 Å². The number of thioether (sulfide) groups is 1. The molecule has 1 unspecified atom stereocenters. The Morgan fingerprint density at radius 1 is 1.17 bits per heavy atom. The van der Waals surface area contributed by atoms with Crippen molar-refractivity contribution in [3.63, 3.8) is 0 Å². The lowest BCUT2D eigenvalue weighted by molar-refractivity contribution is -0.127. The number of carbonyl (C=O) groups excluding carboxylic acids is 1. The third kappa shape index (κ3) is 7.79. The molecule has 1 atom stereocenters. The number of ether oxygens (including phenoxy) is 1. The molecule has 0 aliphatic heterocycles. The molecule has 2 aromatic rings. The van der Waals surface area contributed by atoms with Crippen LogP contribution in [0.4, 0.5) is 5.69 Å².